The number of hydrogen-bond donors (Lipinski definition) is 4. The zero-order valence-corrected chi connectivity index (χ0v) is 34.0. The van der Waals surface area contributed by atoms with E-state index in [9.17, 15) is 34.8 Å². The Kier molecular flexibility index (Phi) is 10.2. The summed E-state index contributed by atoms with van der Waals surface area (Å²) in [5.74, 6) is -4.46. The average Bonchev–Trinajstić information content (AvgIpc) is 2.63. The summed E-state index contributed by atoms with van der Waals surface area (Å²) in [6.45, 7) is 38.1. The molecule has 0 saturated carbocycles. The molecule has 0 saturated heterocycles. The molecule has 0 aromatic carbocycles. The van der Waals surface area contributed by atoms with Gasteiger partial charge in [-0.05, 0) is 20.2 Å². The zero-order chi connectivity index (χ0) is 34.2. The summed E-state index contributed by atoms with van der Waals surface area (Å²) >= 11 is 0. The number of carbonyl (C=O) groups is 3. The molecule has 242 valence electrons. The van der Waals surface area contributed by atoms with E-state index in [0.717, 1.165) is 0 Å². The van der Waals surface area contributed by atoms with Crippen LogP contribution >= 0.6 is 0 Å². The van der Waals surface area contributed by atoms with Gasteiger partial charge in [0.25, 0.3) is 0 Å². The van der Waals surface area contributed by atoms with Crippen molar-refractivity contribution in [2.75, 3.05) is 0 Å². The van der Waals surface area contributed by atoms with E-state index in [1.165, 1.54) is 0 Å². The number of aliphatic hydroxyl groups is 1. The van der Waals surface area contributed by atoms with Crippen LogP contribution in [-0.4, -0.2) is 76.2 Å². The zero-order valence-electron chi connectivity index (χ0n) is 30.0. The first-order chi connectivity index (χ1) is 17.3. The summed E-state index contributed by atoms with van der Waals surface area (Å²) in [4.78, 5) is 43.3. The van der Waals surface area contributed by atoms with Crippen LogP contribution < -0.4 is 0 Å². The third-order valence-electron chi connectivity index (χ3n) is 13.3. The molecule has 0 aliphatic rings. The molecule has 4 N–H and O–H groups in total. The van der Waals surface area contributed by atoms with Crippen molar-refractivity contribution in [3.63, 3.8) is 0 Å². The van der Waals surface area contributed by atoms with E-state index in [4.69, 9.17) is 0 Å². The number of carboxylic acid groups (broad SMARTS) is 3. The van der Waals surface area contributed by atoms with E-state index < -0.39 is 85.3 Å². The van der Waals surface area contributed by atoms with Gasteiger partial charge in [0.2, 0.25) is 0 Å². The van der Waals surface area contributed by atoms with Crippen molar-refractivity contribution in [1.29, 1.82) is 0 Å². The molecule has 0 aliphatic heterocycles. The van der Waals surface area contributed by atoms with Gasteiger partial charge in [-0.1, -0.05) is 135 Å². The molecule has 0 aliphatic carbocycles. The Morgan fingerprint density at radius 1 is 0.390 bits per heavy atom. The predicted molar refractivity (Wildman–Crippen MR) is 182 cm³/mol. The monoisotopic (exact) mass is 648 g/mol. The highest BCUT2D eigenvalue weighted by Gasteiger charge is 2.89. The summed E-state index contributed by atoms with van der Waals surface area (Å²) in [6.07, 6.45) is 0. The summed E-state index contributed by atoms with van der Waals surface area (Å²) < 4.78 is -4.42. The van der Waals surface area contributed by atoms with E-state index in [0.29, 0.717) is 0 Å². The SMILES string of the molecule is CC(C)(C)[Si](C)(C)C(C(=O)O)(C(O)(C(=O)O)C(C(=O)O)([Si](C)(C)C(C)(C)C)[Si](C)(C)C(C)(C)C)[Si](C)(C)C(C)(C)C. The minimum Gasteiger partial charge on any atom is -0.481 e. The Labute approximate surface area is 255 Å². The van der Waals surface area contributed by atoms with Crippen molar-refractivity contribution < 1.29 is 34.8 Å². The summed E-state index contributed by atoms with van der Waals surface area (Å²) in [6, 6.07) is 0. The van der Waals surface area contributed by atoms with E-state index >= 15 is 0 Å². The van der Waals surface area contributed by atoms with E-state index in [2.05, 4.69) is 0 Å². The number of aliphatic carboxylic acids is 3. The van der Waals surface area contributed by atoms with Gasteiger partial charge in [-0.2, -0.15) is 0 Å². The molecule has 0 aromatic heterocycles. The van der Waals surface area contributed by atoms with Crippen molar-refractivity contribution in [3.8, 4) is 0 Å². The van der Waals surface area contributed by atoms with Crippen LogP contribution in [0.2, 0.25) is 81.9 Å². The van der Waals surface area contributed by atoms with Crippen molar-refractivity contribution in [2.45, 2.75) is 171 Å². The van der Waals surface area contributed by atoms with Gasteiger partial charge < -0.3 is 20.4 Å². The topological polar surface area (TPSA) is 132 Å². The lowest BCUT2D eigenvalue weighted by molar-refractivity contribution is -0.177. The molecule has 7 nitrogen and oxygen atoms in total. The van der Waals surface area contributed by atoms with Gasteiger partial charge in [0.05, 0.1) is 41.6 Å². The van der Waals surface area contributed by atoms with Crippen LogP contribution in [0.5, 0.6) is 0 Å². The smallest absolute Gasteiger partial charge is 0.336 e. The molecule has 0 aromatic rings. The first kappa shape index (κ1) is 40.2. The van der Waals surface area contributed by atoms with Gasteiger partial charge in [0.15, 0.2) is 5.60 Å². The van der Waals surface area contributed by atoms with Crippen LogP contribution in [0.1, 0.15) is 83.1 Å². The summed E-state index contributed by atoms with van der Waals surface area (Å²) in [5.41, 5.74) is -3.10. The highest BCUT2D eigenvalue weighted by atomic mass is 28.4. The molecule has 0 atom stereocenters. The standard InChI is InChI=1S/C30H64O7Si4/c1-24(2,3)38(13,14)29(22(33)34,39(15,16)25(4,5)6)28(37,21(31)32)30(23(35)36,40(17,18)26(7,8)9)41(19,20)27(10,11)12/h37H,1-20H3,(H,31,32)(H,33,34)(H,35,36). The fourth-order valence-electron chi connectivity index (χ4n) is 7.60. The van der Waals surface area contributed by atoms with Gasteiger partial charge >= 0.3 is 17.9 Å². The molecule has 0 unspecified atom stereocenters. The molecule has 0 bridgehead atoms. The Morgan fingerprint density at radius 2 is 0.537 bits per heavy atom. The largest absolute Gasteiger partial charge is 0.481 e. The van der Waals surface area contributed by atoms with Crippen molar-refractivity contribution >= 4 is 50.2 Å². The van der Waals surface area contributed by atoms with Gasteiger partial charge in [0, 0.05) is 0 Å². The van der Waals surface area contributed by atoms with Gasteiger partial charge in [-0.25, -0.2) is 4.79 Å². The third-order valence-corrected chi connectivity index (χ3v) is 45.6. The maximum absolute atomic E-state index is 14.5. The Bertz CT molecular complexity index is 921. The van der Waals surface area contributed by atoms with E-state index in [-0.39, 0.29) is 0 Å². The highest BCUT2D eigenvalue weighted by Crippen LogP contribution is 2.77. The average molecular weight is 649 g/mol. The van der Waals surface area contributed by atoms with E-state index in [1.54, 1.807) is 0 Å². The lowest BCUT2D eigenvalue weighted by atomic mass is 9.91. The van der Waals surface area contributed by atoms with Crippen molar-refractivity contribution in [2.24, 2.45) is 0 Å². The Balaban J connectivity index is 9.88. The first-order valence-electron chi connectivity index (χ1n) is 14.8. The quantitative estimate of drug-likeness (QED) is 0.184. The molecule has 0 fully saturated rings. The molecule has 0 radical (unpaired) electrons. The lowest BCUT2D eigenvalue weighted by Crippen LogP contribution is -2.87. The fraction of sp³-hybridized carbons (Fsp3) is 0.900. The lowest BCUT2D eigenvalue weighted by Gasteiger charge is -2.72. The van der Waals surface area contributed by atoms with Crippen molar-refractivity contribution in [1.82, 2.24) is 0 Å². The van der Waals surface area contributed by atoms with Gasteiger partial charge in [-0.3, -0.25) is 9.59 Å². The van der Waals surface area contributed by atoms with Crippen LogP contribution in [0.15, 0.2) is 0 Å². The van der Waals surface area contributed by atoms with Crippen LogP contribution in [0.4, 0.5) is 0 Å². The molecule has 0 amide bonds. The molecule has 11 heteroatoms. The molecule has 0 spiro atoms. The molecular weight excluding hydrogens is 585 g/mol. The normalized spacial score (nSPS) is 16.0. The van der Waals surface area contributed by atoms with Crippen LogP contribution in [-0.2, 0) is 14.4 Å². The molecule has 0 rings (SSSR count). The Morgan fingerprint density at radius 3 is 0.610 bits per heavy atom. The molecule has 0 heterocycles. The first-order valence-corrected chi connectivity index (χ1v) is 26.8. The number of rotatable bonds is 9. The fourth-order valence-corrected chi connectivity index (χ4v) is 36.5. The minimum atomic E-state index is -3.51. The maximum Gasteiger partial charge on any atom is 0.336 e. The van der Waals surface area contributed by atoms with Crippen LogP contribution in [0, 0.1) is 0 Å². The van der Waals surface area contributed by atoms with Crippen molar-refractivity contribution in [3.05, 3.63) is 0 Å². The second-order valence-corrected chi connectivity index (χ2v) is 41.6. The van der Waals surface area contributed by atoms with E-state index in [1.807, 2.05) is 135 Å². The van der Waals surface area contributed by atoms with Gasteiger partial charge in [0.1, 0.15) is 0 Å². The highest BCUT2D eigenvalue weighted by molar-refractivity contribution is 7.10. The minimum absolute atomic E-state index is 0.699. The summed E-state index contributed by atoms with van der Waals surface area (Å²) in [5, 5.41) is 46.2. The number of carboxylic acids is 3. The predicted octanol–water partition coefficient (Wildman–Crippen LogP) is 8.56. The maximum atomic E-state index is 14.5. The second kappa shape index (κ2) is 10.4. The van der Waals surface area contributed by atoms with Gasteiger partial charge in [-0.15, -0.1) is 0 Å². The van der Waals surface area contributed by atoms with Crippen LogP contribution in [0.3, 0.4) is 0 Å². The second-order valence-electron chi connectivity index (χ2n) is 18.6. The molecule has 41 heavy (non-hydrogen) atoms. The van der Waals surface area contributed by atoms with Crippen LogP contribution in [0.25, 0.3) is 0 Å². The molecular formula is C30H64O7Si4. The third kappa shape index (κ3) is 4.73. The number of hydrogen-bond acceptors (Lipinski definition) is 4. The summed E-state index contributed by atoms with van der Waals surface area (Å²) in [7, 11) is -14.0. The Hall–Kier alpha value is -0.762.